The number of hydrogen-bond acceptors (Lipinski definition) is 2. The van der Waals surface area contributed by atoms with Crippen LogP contribution in [0.15, 0.2) is 29.2 Å². The van der Waals surface area contributed by atoms with E-state index in [9.17, 15) is 4.79 Å². The van der Waals surface area contributed by atoms with E-state index in [0.717, 1.165) is 0 Å². The number of rotatable bonds is 2. The van der Waals surface area contributed by atoms with Crippen LogP contribution in [0.3, 0.4) is 0 Å². The minimum absolute atomic E-state index is 0.609. The number of carbonyl (C=O) groups excluding carboxylic acids is 1. The molecule has 0 aliphatic heterocycles. The van der Waals surface area contributed by atoms with Crippen LogP contribution in [-0.4, -0.2) is 12.5 Å². The van der Waals surface area contributed by atoms with Gasteiger partial charge in [0.2, 0.25) is 6.29 Å². The fourth-order valence-corrected chi connectivity index (χ4v) is 1.07. The molecule has 10 heavy (non-hydrogen) atoms. The molecule has 2 heteroatoms. The lowest BCUT2D eigenvalue weighted by Crippen LogP contribution is -1.77. The molecule has 1 nitrogen and oxygen atoms in total. The lowest BCUT2D eigenvalue weighted by Gasteiger charge is -1.92. The quantitative estimate of drug-likeness (QED) is 0.600. The first-order valence-corrected chi connectivity index (χ1v) is 4.11. The van der Waals surface area contributed by atoms with Gasteiger partial charge >= 0.3 is 0 Å². The van der Waals surface area contributed by atoms with Crippen molar-refractivity contribution in [3.8, 4) is 0 Å². The van der Waals surface area contributed by atoms with E-state index < -0.39 is 0 Å². The van der Waals surface area contributed by atoms with Crippen molar-refractivity contribution in [1.29, 1.82) is 0 Å². The maximum atomic E-state index is 10.1. The van der Waals surface area contributed by atoms with Crippen molar-refractivity contribution in [2.24, 2.45) is 0 Å². The molecule has 1 radical (unpaired) electrons. The van der Waals surface area contributed by atoms with Gasteiger partial charge < -0.3 is 0 Å². The second-order valence-corrected chi connectivity index (χ2v) is 2.71. The van der Waals surface area contributed by atoms with E-state index in [1.807, 2.05) is 24.7 Å². The zero-order valence-corrected chi connectivity index (χ0v) is 6.44. The van der Waals surface area contributed by atoms with Crippen molar-refractivity contribution in [2.45, 2.75) is 4.90 Å². The van der Waals surface area contributed by atoms with Crippen molar-refractivity contribution in [2.75, 3.05) is 6.26 Å². The summed E-state index contributed by atoms with van der Waals surface area (Å²) in [6, 6.07) is 7.34. The fraction of sp³-hybridized carbons (Fsp3) is 0.125. The van der Waals surface area contributed by atoms with Gasteiger partial charge in [-0.15, -0.1) is 11.8 Å². The van der Waals surface area contributed by atoms with Gasteiger partial charge in [0.1, 0.15) is 0 Å². The van der Waals surface area contributed by atoms with Crippen LogP contribution < -0.4 is 0 Å². The Morgan fingerprint density at radius 1 is 1.30 bits per heavy atom. The summed E-state index contributed by atoms with van der Waals surface area (Å²) in [5.41, 5.74) is 0.609. The predicted molar refractivity (Wildman–Crippen MR) is 43.0 cm³/mol. The van der Waals surface area contributed by atoms with E-state index in [2.05, 4.69) is 0 Å². The van der Waals surface area contributed by atoms with Crippen LogP contribution in [0.2, 0.25) is 0 Å². The molecule has 0 saturated heterocycles. The van der Waals surface area contributed by atoms with Gasteiger partial charge in [0, 0.05) is 10.5 Å². The molecule has 1 aromatic rings. The summed E-state index contributed by atoms with van der Waals surface area (Å²) >= 11 is 1.66. The molecule has 0 spiro atoms. The third-order valence-corrected chi connectivity index (χ3v) is 1.95. The van der Waals surface area contributed by atoms with Crippen LogP contribution in [0.1, 0.15) is 5.56 Å². The molecule has 0 N–H and O–H groups in total. The van der Waals surface area contributed by atoms with Gasteiger partial charge in [-0.05, 0) is 30.5 Å². The van der Waals surface area contributed by atoms with Crippen molar-refractivity contribution < 1.29 is 4.79 Å². The van der Waals surface area contributed by atoms with Crippen LogP contribution in [0.5, 0.6) is 0 Å². The Morgan fingerprint density at radius 3 is 2.30 bits per heavy atom. The zero-order valence-electron chi connectivity index (χ0n) is 5.63. The monoisotopic (exact) mass is 151 g/mol. The molecule has 0 saturated carbocycles. The summed E-state index contributed by atoms with van der Waals surface area (Å²) in [6.45, 7) is 0. The Hall–Kier alpha value is -0.760. The van der Waals surface area contributed by atoms with E-state index in [0.29, 0.717) is 5.56 Å². The lowest BCUT2D eigenvalue weighted by atomic mass is 10.2. The van der Waals surface area contributed by atoms with Crippen LogP contribution >= 0.6 is 11.8 Å². The molecule has 0 aliphatic carbocycles. The molecule has 0 bridgehead atoms. The van der Waals surface area contributed by atoms with Crippen LogP contribution in [0, 0.1) is 0 Å². The van der Waals surface area contributed by atoms with Gasteiger partial charge in [-0.1, -0.05) is 0 Å². The molecule has 0 aliphatic rings. The number of hydrogen-bond donors (Lipinski definition) is 0. The maximum absolute atomic E-state index is 10.1. The summed E-state index contributed by atoms with van der Waals surface area (Å²) in [5.74, 6) is 0. The first-order chi connectivity index (χ1) is 4.86. The van der Waals surface area contributed by atoms with E-state index in [-0.39, 0.29) is 0 Å². The lowest BCUT2D eigenvalue weighted by molar-refractivity contribution is 0.562. The Morgan fingerprint density at radius 2 is 1.90 bits per heavy atom. The van der Waals surface area contributed by atoms with Crippen LogP contribution in [-0.2, 0) is 4.79 Å². The third-order valence-electron chi connectivity index (χ3n) is 1.21. The SMILES string of the molecule is CSc1ccc([C]=O)cc1. The minimum atomic E-state index is 0.609. The average Bonchev–Trinajstić information content (AvgIpc) is 2.05. The topological polar surface area (TPSA) is 17.1 Å². The van der Waals surface area contributed by atoms with Gasteiger partial charge in [-0.3, -0.25) is 4.79 Å². The van der Waals surface area contributed by atoms with E-state index in [1.54, 1.807) is 23.9 Å². The molecule has 0 aromatic heterocycles. The normalized spacial score (nSPS) is 9.30. The highest BCUT2D eigenvalue weighted by molar-refractivity contribution is 7.98. The summed E-state index contributed by atoms with van der Waals surface area (Å²) in [4.78, 5) is 11.2. The standard InChI is InChI=1S/C8H7OS/c1-10-8-4-2-7(6-9)3-5-8/h2-5H,1H3. The van der Waals surface area contributed by atoms with Crippen LogP contribution in [0.4, 0.5) is 0 Å². The van der Waals surface area contributed by atoms with Crippen molar-refractivity contribution in [3.05, 3.63) is 29.8 Å². The third kappa shape index (κ3) is 1.61. The number of benzene rings is 1. The van der Waals surface area contributed by atoms with E-state index in [4.69, 9.17) is 0 Å². The molecular formula is C8H7OS. The Labute approximate surface area is 64.4 Å². The van der Waals surface area contributed by atoms with Gasteiger partial charge in [-0.25, -0.2) is 0 Å². The highest BCUT2D eigenvalue weighted by atomic mass is 32.2. The van der Waals surface area contributed by atoms with Gasteiger partial charge in [-0.2, -0.15) is 0 Å². The molecule has 1 aromatic carbocycles. The first kappa shape index (κ1) is 7.35. The Kier molecular flexibility index (Phi) is 2.51. The van der Waals surface area contributed by atoms with E-state index >= 15 is 0 Å². The highest BCUT2D eigenvalue weighted by Gasteiger charge is 1.90. The molecule has 0 fully saturated rings. The van der Waals surface area contributed by atoms with Crippen molar-refractivity contribution in [1.82, 2.24) is 0 Å². The fourth-order valence-electron chi connectivity index (χ4n) is 0.659. The van der Waals surface area contributed by atoms with Crippen LogP contribution in [0.25, 0.3) is 0 Å². The molecular weight excluding hydrogens is 144 g/mol. The predicted octanol–water partition coefficient (Wildman–Crippen LogP) is 1.87. The molecule has 0 unspecified atom stereocenters. The smallest absolute Gasteiger partial charge is 0.233 e. The van der Waals surface area contributed by atoms with Gasteiger partial charge in [0.15, 0.2) is 0 Å². The molecule has 1 rings (SSSR count). The Bertz CT molecular complexity index is 215. The number of thioether (sulfide) groups is 1. The minimum Gasteiger partial charge on any atom is -0.285 e. The highest BCUT2D eigenvalue weighted by Crippen LogP contribution is 2.13. The molecule has 0 atom stereocenters. The maximum Gasteiger partial charge on any atom is 0.233 e. The molecule has 0 amide bonds. The molecule has 0 heterocycles. The first-order valence-electron chi connectivity index (χ1n) is 2.89. The van der Waals surface area contributed by atoms with Crippen molar-refractivity contribution in [3.63, 3.8) is 0 Å². The van der Waals surface area contributed by atoms with E-state index in [1.165, 1.54) is 4.90 Å². The van der Waals surface area contributed by atoms with Gasteiger partial charge in [0.25, 0.3) is 0 Å². The van der Waals surface area contributed by atoms with Crippen molar-refractivity contribution >= 4 is 18.0 Å². The molecule has 51 valence electrons. The second kappa shape index (κ2) is 3.42. The largest absolute Gasteiger partial charge is 0.285 e. The van der Waals surface area contributed by atoms with Gasteiger partial charge in [0.05, 0.1) is 0 Å². The summed E-state index contributed by atoms with van der Waals surface area (Å²) in [6.07, 6.45) is 3.82. The summed E-state index contributed by atoms with van der Waals surface area (Å²) in [5, 5.41) is 0. The average molecular weight is 151 g/mol. The second-order valence-electron chi connectivity index (χ2n) is 1.83. The summed E-state index contributed by atoms with van der Waals surface area (Å²) < 4.78 is 0. The summed E-state index contributed by atoms with van der Waals surface area (Å²) in [7, 11) is 0. The Balaban J connectivity index is 2.90. The zero-order chi connectivity index (χ0) is 7.40.